The Labute approximate surface area is 219 Å². The van der Waals surface area contributed by atoms with Crippen molar-refractivity contribution in [3.8, 4) is 0 Å². The highest BCUT2D eigenvalue weighted by atomic mass is 16.6. The van der Waals surface area contributed by atoms with Crippen LogP contribution in [-0.4, -0.2) is 43.1 Å². The molecule has 2 aromatic carbocycles. The lowest BCUT2D eigenvalue weighted by molar-refractivity contribution is -0.155. The van der Waals surface area contributed by atoms with Crippen LogP contribution in [0.15, 0.2) is 65.2 Å². The zero-order chi connectivity index (χ0) is 26.3. The van der Waals surface area contributed by atoms with Gasteiger partial charge >= 0.3 is 5.97 Å². The molecule has 3 N–H and O–H groups in total. The van der Waals surface area contributed by atoms with Crippen molar-refractivity contribution in [1.29, 1.82) is 0 Å². The van der Waals surface area contributed by atoms with Crippen molar-refractivity contribution < 1.29 is 14.3 Å². The van der Waals surface area contributed by atoms with E-state index in [4.69, 9.17) is 4.74 Å². The number of carbonyl (C=O) groups excluding carboxylic acids is 2. The summed E-state index contributed by atoms with van der Waals surface area (Å²) in [7, 11) is 0. The maximum Gasteiger partial charge on any atom is 0.306 e. The lowest BCUT2D eigenvalue weighted by Crippen LogP contribution is -2.40. The van der Waals surface area contributed by atoms with E-state index >= 15 is 0 Å². The Hall–Kier alpha value is -3.61. The van der Waals surface area contributed by atoms with Crippen LogP contribution < -0.4 is 16.0 Å². The van der Waals surface area contributed by atoms with Crippen molar-refractivity contribution in [2.24, 2.45) is 4.99 Å². The molecule has 0 aromatic heterocycles. The topological polar surface area (TPSA) is 91.8 Å². The van der Waals surface area contributed by atoms with E-state index in [1.165, 1.54) is 11.1 Å². The van der Waals surface area contributed by atoms with Crippen LogP contribution in [0.4, 0.5) is 0 Å². The van der Waals surface area contributed by atoms with Crippen molar-refractivity contribution in [2.45, 2.75) is 64.5 Å². The van der Waals surface area contributed by atoms with Gasteiger partial charge in [-0.25, -0.2) is 0 Å². The number of rotatable bonds is 7. The molecule has 1 amide bonds. The number of amides is 1. The average molecular weight is 503 g/mol. The van der Waals surface area contributed by atoms with Crippen molar-refractivity contribution in [3.63, 3.8) is 0 Å². The summed E-state index contributed by atoms with van der Waals surface area (Å²) in [6, 6.07) is 15.9. The molecule has 1 unspecified atom stereocenters. The predicted molar refractivity (Wildman–Crippen MR) is 147 cm³/mol. The summed E-state index contributed by atoms with van der Waals surface area (Å²) in [4.78, 5) is 30.1. The normalized spacial score (nSPS) is 17.3. The van der Waals surface area contributed by atoms with E-state index in [1.807, 2.05) is 57.2 Å². The minimum atomic E-state index is -0.515. The van der Waals surface area contributed by atoms with Gasteiger partial charge in [-0.2, -0.15) is 0 Å². The van der Waals surface area contributed by atoms with E-state index in [0.717, 1.165) is 43.0 Å². The maximum absolute atomic E-state index is 13.0. The van der Waals surface area contributed by atoms with Gasteiger partial charge in [-0.3, -0.25) is 14.6 Å². The molecule has 4 rings (SSSR count). The SMILES string of the molecule is CC(C)(C)OC(=O)CC1CC(CNC(=O)c2cccc(CNC3=NCCCN3)c2)=CCc2ccccc21. The van der Waals surface area contributed by atoms with Gasteiger partial charge in [0.1, 0.15) is 5.60 Å². The zero-order valence-corrected chi connectivity index (χ0v) is 22.1. The maximum atomic E-state index is 13.0. The smallest absolute Gasteiger partial charge is 0.306 e. The number of guanidine groups is 1. The van der Waals surface area contributed by atoms with Crippen LogP contribution in [0.25, 0.3) is 0 Å². The first-order valence-corrected chi connectivity index (χ1v) is 13.1. The van der Waals surface area contributed by atoms with Gasteiger partial charge in [0.2, 0.25) is 0 Å². The van der Waals surface area contributed by atoms with Crippen LogP contribution >= 0.6 is 0 Å². The number of nitrogens with one attached hydrogen (secondary N) is 3. The molecule has 0 bridgehead atoms. The number of hydrogen-bond acceptors (Lipinski definition) is 6. The molecule has 0 fully saturated rings. The summed E-state index contributed by atoms with van der Waals surface area (Å²) < 4.78 is 5.61. The number of ether oxygens (including phenoxy) is 1. The van der Waals surface area contributed by atoms with Gasteiger partial charge in [0.05, 0.1) is 6.42 Å². The molecule has 1 heterocycles. The van der Waals surface area contributed by atoms with Crippen molar-refractivity contribution in [3.05, 3.63) is 82.4 Å². The second-order valence-corrected chi connectivity index (χ2v) is 10.7. The lowest BCUT2D eigenvalue weighted by atomic mass is 9.88. The van der Waals surface area contributed by atoms with Gasteiger partial charge in [0.25, 0.3) is 5.91 Å². The molecule has 1 atom stereocenters. The van der Waals surface area contributed by atoms with Gasteiger partial charge in [-0.05, 0) is 74.8 Å². The molecule has 2 aromatic rings. The van der Waals surface area contributed by atoms with E-state index in [-0.39, 0.29) is 17.8 Å². The third-order valence-electron chi connectivity index (χ3n) is 6.47. The molecule has 0 saturated carbocycles. The summed E-state index contributed by atoms with van der Waals surface area (Å²) in [6.07, 6.45) is 5.03. The molecule has 0 saturated heterocycles. The fraction of sp³-hybridized carbons (Fsp3) is 0.433. The molecular formula is C30H38N4O3. The summed E-state index contributed by atoms with van der Waals surface area (Å²) in [5, 5.41) is 9.63. The largest absolute Gasteiger partial charge is 0.460 e. The molecule has 37 heavy (non-hydrogen) atoms. The van der Waals surface area contributed by atoms with Crippen LogP contribution in [-0.2, 0) is 22.5 Å². The Kier molecular flexibility index (Phi) is 8.64. The minimum absolute atomic E-state index is 0.0161. The highest BCUT2D eigenvalue weighted by Crippen LogP contribution is 2.33. The van der Waals surface area contributed by atoms with E-state index in [1.54, 1.807) is 0 Å². The number of fused-ring (bicyclic) bond motifs is 1. The van der Waals surface area contributed by atoms with Crippen LogP contribution in [0.5, 0.6) is 0 Å². The number of benzene rings is 2. The minimum Gasteiger partial charge on any atom is -0.460 e. The fourth-order valence-corrected chi connectivity index (χ4v) is 4.75. The Bertz CT molecular complexity index is 1180. The first-order chi connectivity index (χ1) is 17.8. The van der Waals surface area contributed by atoms with Gasteiger partial charge in [-0.15, -0.1) is 0 Å². The molecular weight excluding hydrogens is 464 g/mol. The third kappa shape index (κ3) is 7.94. The monoisotopic (exact) mass is 502 g/mol. The quantitative estimate of drug-likeness (QED) is 0.389. The lowest BCUT2D eigenvalue weighted by Gasteiger charge is -2.23. The fourth-order valence-electron chi connectivity index (χ4n) is 4.75. The van der Waals surface area contributed by atoms with E-state index in [9.17, 15) is 9.59 Å². The summed E-state index contributed by atoms with van der Waals surface area (Å²) in [5.41, 5.74) is 4.65. The molecule has 1 aliphatic carbocycles. The highest BCUT2D eigenvalue weighted by molar-refractivity contribution is 5.94. The van der Waals surface area contributed by atoms with Crippen LogP contribution in [0.1, 0.15) is 73.0 Å². The molecule has 0 radical (unpaired) electrons. The number of aliphatic imine (C=N–C) groups is 1. The standard InChI is InChI=1S/C30H38N4O3/c1-30(2,3)37-27(35)18-25-17-22(12-13-23-9-4-5-11-26(23)25)19-33-28(36)24-10-6-8-21(16-24)20-34-29-31-14-7-15-32-29/h4-6,8-12,16,25H,7,13-15,17-20H2,1-3H3,(H,33,36)(H2,31,32,34). The molecule has 2 aliphatic rings. The van der Waals surface area contributed by atoms with Crippen LogP contribution in [0.3, 0.4) is 0 Å². The molecule has 0 spiro atoms. The predicted octanol–water partition coefficient (Wildman–Crippen LogP) is 4.24. The molecule has 7 nitrogen and oxygen atoms in total. The Morgan fingerprint density at radius 1 is 1.11 bits per heavy atom. The summed E-state index contributed by atoms with van der Waals surface area (Å²) in [5.74, 6) is 0.518. The molecule has 196 valence electrons. The zero-order valence-electron chi connectivity index (χ0n) is 22.1. The van der Waals surface area contributed by atoms with Crippen molar-refractivity contribution >= 4 is 17.8 Å². The van der Waals surface area contributed by atoms with Gasteiger partial charge in [-0.1, -0.05) is 48.0 Å². The second kappa shape index (κ2) is 12.1. The number of nitrogens with zero attached hydrogens (tertiary/aromatic N) is 1. The van der Waals surface area contributed by atoms with E-state index < -0.39 is 5.60 Å². The van der Waals surface area contributed by atoms with E-state index in [0.29, 0.717) is 31.5 Å². The van der Waals surface area contributed by atoms with E-state index in [2.05, 4.69) is 39.2 Å². The Morgan fingerprint density at radius 3 is 2.73 bits per heavy atom. The number of carbonyl (C=O) groups is 2. The third-order valence-corrected chi connectivity index (χ3v) is 6.47. The van der Waals surface area contributed by atoms with Crippen LogP contribution in [0.2, 0.25) is 0 Å². The number of hydrogen-bond donors (Lipinski definition) is 3. The summed E-state index contributed by atoms with van der Waals surface area (Å²) >= 11 is 0. The van der Waals surface area contributed by atoms with Crippen molar-refractivity contribution in [1.82, 2.24) is 16.0 Å². The highest BCUT2D eigenvalue weighted by Gasteiger charge is 2.25. The van der Waals surface area contributed by atoms with Crippen LogP contribution in [0, 0.1) is 0 Å². The first-order valence-electron chi connectivity index (χ1n) is 13.1. The number of esters is 1. The molecule has 1 aliphatic heterocycles. The Balaban J connectivity index is 1.37. The average Bonchev–Trinajstić information content (AvgIpc) is 3.05. The van der Waals surface area contributed by atoms with Gasteiger partial charge in [0.15, 0.2) is 5.96 Å². The second-order valence-electron chi connectivity index (χ2n) is 10.7. The summed E-state index contributed by atoms with van der Waals surface area (Å²) in [6.45, 7) is 8.46. The molecule has 7 heteroatoms. The van der Waals surface area contributed by atoms with Crippen molar-refractivity contribution in [2.75, 3.05) is 19.6 Å². The Morgan fingerprint density at radius 2 is 1.95 bits per heavy atom. The van der Waals surface area contributed by atoms with Gasteiger partial charge in [0, 0.05) is 31.7 Å². The first kappa shape index (κ1) is 26.5. The van der Waals surface area contributed by atoms with Gasteiger partial charge < -0.3 is 20.7 Å². The number of allylic oxidation sites excluding steroid dienone is 1.